The Kier molecular flexibility index (Phi) is 3.84. The summed E-state index contributed by atoms with van der Waals surface area (Å²) in [6, 6.07) is 0. The molecular weight excluding hydrogens is 245 g/mol. The number of nitrogens with two attached hydrogens (primary N) is 1. The van der Waals surface area contributed by atoms with Crippen molar-refractivity contribution in [3.63, 3.8) is 0 Å². The minimum atomic E-state index is -4.34. The van der Waals surface area contributed by atoms with Gasteiger partial charge >= 0.3 is 6.18 Å². The number of alkyl halides is 3. The summed E-state index contributed by atoms with van der Waals surface area (Å²) in [5.41, 5.74) is 5.30. The van der Waals surface area contributed by atoms with Gasteiger partial charge in [0.05, 0.1) is 0 Å². The van der Waals surface area contributed by atoms with Crippen LogP contribution in [0.5, 0.6) is 0 Å². The quantitative estimate of drug-likeness (QED) is 0.841. The van der Waals surface area contributed by atoms with E-state index in [0.717, 1.165) is 30.6 Å². The topological polar surface area (TPSA) is 46.3 Å². The highest BCUT2D eigenvalue weighted by Crippen LogP contribution is 2.48. The van der Waals surface area contributed by atoms with Crippen molar-refractivity contribution in [1.82, 2.24) is 4.90 Å². The molecule has 104 valence electrons. The van der Waals surface area contributed by atoms with E-state index >= 15 is 0 Å². The van der Waals surface area contributed by atoms with Crippen molar-refractivity contribution in [1.29, 1.82) is 0 Å². The van der Waals surface area contributed by atoms with Crippen molar-refractivity contribution in [2.24, 2.45) is 23.5 Å². The van der Waals surface area contributed by atoms with Crippen molar-refractivity contribution in [2.75, 3.05) is 19.6 Å². The van der Waals surface area contributed by atoms with Crippen LogP contribution in [0.3, 0.4) is 0 Å². The van der Waals surface area contributed by atoms with E-state index in [9.17, 15) is 18.0 Å². The Morgan fingerprint density at radius 2 is 2.00 bits per heavy atom. The van der Waals surface area contributed by atoms with E-state index in [2.05, 4.69) is 0 Å². The number of carbonyl (C=O) groups is 1. The van der Waals surface area contributed by atoms with Crippen LogP contribution in [-0.4, -0.2) is 36.6 Å². The van der Waals surface area contributed by atoms with E-state index in [0.29, 0.717) is 11.8 Å². The minimum absolute atomic E-state index is 0.00771. The first-order valence-electron chi connectivity index (χ1n) is 6.46. The van der Waals surface area contributed by atoms with Gasteiger partial charge in [-0.3, -0.25) is 4.79 Å². The summed E-state index contributed by atoms with van der Waals surface area (Å²) in [5.74, 6) is 0.313. The zero-order valence-corrected chi connectivity index (χ0v) is 10.2. The summed E-state index contributed by atoms with van der Waals surface area (Å²) in [4.78, 5) is 13.1. The first-order valence-corrected chi connectivity index (χ1v) is 6.46. The summed E-state index contributed by atoms with van der Waals surface area (Å²) < 4.78 is 37.3. The highest BCUT2D eigenvalue weighted by molar-refractivity contribution is 5.79. The standard InChI is InChI=1S/C12H19F3N2O/c13-12(14,15)7-17(4-3-16)11(18)10-6-8-1-2-9(10)5-8/h8-10H,1-7,16H2. The summed E-state index contributed by atoms with van der Waals surface area (Å²) in [7, 11) is 0. The first kappa shape index (κ1) is 13.6. The lowest BCUT2D eigenvalue weighted by atomic mass is 9.87. The minimum Gasteiger partial charge on any atom is -0.332 e. The van der Waals surface area contributed by atoms with Gasteiger partial charge in [-0.15, -0.1) is 0 Å². The molecule has 18 heavy (non-hydrogen) atoms. The van der Waals surface area contributed by atoms with Gasteiger partial charge in [0.1, 0.15) is 6.54 Å². The molecule has 0 aliphatic heterocycles. The normalized spacial score (nSPS) is 30.8. The SMILES string of the molecule is NCCN(CC(F)(F)F)C(=O)C1CC2CCC1C2. The van der Waals surface area contributed by atoms with Crippen molar-refractivity contribution in [3.8, 4) is 0 Å². The lowest BCUT2D eigenvalue weighted by Crippen LogP contribution is -2.45. The molecule has 1 amide bonds. The van der Waals surface area contributed by atoms with Gasteiger partial charge in [-0.1, -0.05) is 6.42 Å². The summed E-state index contributed by atoms with van der Waals surface area (Å²) in [6.07, 6.45) is -0.446. The van der Waals surface area contributed by atoms with E-state index in [1.165, 1.54) is 0 Å². The fraction of sp³-hybridized carbons (Fsp3) is 0.917. The van der Waals surface area contributed by atoms with E-state index in [1.54, 1.807) is 0 Å². The van der Waals surface area contributed by atoms with Crippen molar-refractivity contribution < 1.29 is 18.0 Å². The van der Waals surface area contributed by atoms with Gasteiger partial charge in [0.2, 0.25) is 5.91 Å². The fourth-order valence-corrected chi connectivity index (χ4v) is 3.42. The molecule has 3 unspecified atom stereocenters. The zero-order chi connectivity index (χ0) is 13.3. The van der Waals surface area contributed by atoms with Crippen LogP contribution >= 0.6 is 0 Å². The van der Waals surface area contributed by atoms with E-state index in [4.69, 9.17) is 5.73 Å². The average Bonchev–Trinajstić information content (AvgIpc) is 2.87. The Balaban J connectivity index is 1.99. The number of nitrogens with zero attached hydrogens (tertiary/aromatic N) is 1. The third-order valence-electron chi connectivity index (χ3n) is 4.14. The third kappa shape index (κ3) is 2.96. The van der Waals surface area contributed by atoms with Gasteiger partial charge in [0.15, 0.2) is 0 Å². The Labute approximate surface area is 104 Å². The predicted molar refractivity (Wildman–Crippen MR) is 60.6 cm³/mol. The highest BCUT2D eigenvalue weighted by Gasteiger charge is 2.45. The monoisotopic (exact) mass is 264 g/mol. The molecule has 2 N–H and O–H groups in total. The molecule has 2 aliphatic rings. The summed E-state index contributed by atoms with van der Waals surface area (Å²) in [6.45, 7) is -1.11. The van der Waals surface area contributed by atoms with Crippen LogP contribution in [0.4, 0.5) is 13.2 Å². The van der Waals surface area contributed by atoms with Crippen LogP contribution in [0.15, 0.2) is 0 Å². The lowest BCUT2D eigenvalue weighted by Gasteiger charge is -2.29. The van der Waals surface area contributed by atoms with Gasteiger partial charge in [0.25, 0.3) is 0 Å². The van der Waals surface area contributed by atoms with Gasteiger partial charge in [-0.05, 0) is 31.1 Å². The van der Waals surface area contributed by atoms with Gasteiger partial charge < -0.3 is 10.6 Å². The molecule has 2 saturated carbocycles. The predicted octanol–water partition coefficient (Wildman–Crippen LogP) is 1.77. The molecule has 0 aromatic carbocycles. The number of rotatable bonds is 4. The Bertz CT molecular complexity index is 319. The van der Waals surface area contributed by atoms with Crippen molar-refractivity contribution in [2.45, 2.75) is 31.9 Å². The van der Waals surface area contributed by atoms with Crippen LogP contribution in [0.25, 0.3) is 0 Å². The molecule has 2 bridgehead atoms. The van der Waals surface area contributed by atoms with Crippen molar-refractivity contribution >= 4 is 5.91 Å². The second-order valence-corrected chi connectivity index (χ2v) is 5.44. The van der Waals surface area contributed by atoms with Crippen LogP contribution in [0, 0.1) is 17.8 Å². The molecule has 0 spiro atoms. The Morgan fingerprint density at radius 3 is 2.44 bits per heavy atom. The summed E-state index contributed by atoms with van der Waals surface area (Å²) in [5, 5.41) is 0. The number of hydrogen-bond acceptors (Lipinski definition) is 2. The van der Waals surface area contributed by atoms with Crippen LogP contribution in [-0.2, 0) is 4.79 Å². The molecule has 0 radical (unpaired) electrons. The molecule has 0 aromatic rings. The van der Waals surface area contributed by atoms with Gasteiger partial charge in [-0.2, -0.15) is 13.2 Å². The molecule has 2 rings (SSSR count). The lowest BCUT2D eigenvalue weighted by molar-refractivity contribution is -0.164. The van der Waals surface area contributed by atoms with E-state index in [1.807, 2.05) is 0 Å². The Morgan fingerprint density at radius 1 is 1.28 bits per heavy atom. The molecule has 0 saturated heterocycles. The maximum absolute atomic E-state index is 12.4. The number of fused-ring (bicyclic) bond motifs is 2. The molecule has 6 heteroatoms. The zero-order valence-electron chi connectivity index (χ0n) is 10.2. The fourth-order valence-electron chi connectivity index (χ4n) is 3.42. The number of hydrogen-bond donors (Lipinski definition) is 1. The maximum atomic E-state index is 12.4. The van der Waals surface area contributed by atoms with Gasteiger partial charge in [0, 0.05) is 19.0 Å². The second-order valence-electron chi connectivity index (χ2n) is 5.44. The van der Waals surface area contributed by atoms with Crippen molar-refractivity contribution in [3.05, 3.63) is 0 Å². The molecular formula is C12H19F3N2O. The molecule has 3 nitrogen and oxygen atoms in total. The smallest absolute Gasteiger partial charge is 0.332 e. The van der Waals surface area contributed by atoms with Crippen LogP contribution in [0.2, 0.25) is 0 Å². The Hall–Kier alpha value is -0.780. The molecule has 2 fully saturated rings. The number of carbonyl (C=O) groups excluding carboxylic acids is 1. The largest absolute Gasteiger partial charge is 0.406 e. The molecule has 3 atom stereocenters. The van der Waals surface area contributed by atoms with E-state index in [-0.39, 0.29) is 24.9 Å². The van der Waals surface area contributed by atoms with Gasteiger partial charge in [-0.25, -0.2) is 0 Å². The molecule has 2 aliphatic carbocycles. The number of amides is 1. The average molecular weight is 264 g/mol. The third-order valence-corrected chi connectivity index (χ3v) is 4.14. The van der Waals surface area contributed by atoms with Crippen LogP contribution in [0.1, 0.15) is 25.7 Å². The molecule has 0 aromatic heterocycles. The number of halogens is 3. The maximum Gasteiger partial charge on any atom is 0.406 e. The molecule has 0 heterocycles. The summed E-state index contributed by atoms with van der Waals surface area (Å²) >= 11 is 0. The van der Waals surface area contributed by atoms with E-state index < -0.39 is 12.7 Å². The highest BCUT2D eigenvalue weighted by atomic mass is 19.4. The van der Waals surface area contributed by atoms with Crippen LogP contribution < -0.4 is 5.73 Å². The second kappa shape index (κ2) is 5.07. The first-order chi connectivity index (χ1) is 8.40.